The van der Waals surface area contributed by atoms with Crippen molar-refractivity contribution in [3.63, 3.8) is 0 Å². The van der Waals surface area contributed by atoms with Crippen LogP contribution in [0.15, 0.2) is 65.6 Å². The van der Waals surface area contributed by atoms with Crippen molar-refractivity contribution in [3.8, 4) is 11.5 Å². The fourth-order valence-electron chi connectivity index (χ4n) is 4.12. The monoisotopic (exact) mass is 510 g/mol. The summed E-state index contributed by atoms with van der Waals surface area (Å²) in [4.78, 5) is 13.4. The van der Waals surface area contributed by atoms with Gasteiger partial charge in [0.15, 0.2) is 11.5 Å². The molecule has 3 rings (SSSR count). The third-order valence-corrected chi connectivity index (χ3v) is 7.74. The zero-order valence-electron chi connectivity index (χ0n) is 21.6. The van der Waals surface area contributed by atoms with Gasteiger partial charge in [0.1, 0.15) is 6.04 Å². The van der Waals surface area contributed by atoms with Crippen molar-refractivity contribution in [1.82, 2.24) is 10.0 Å². The summed E-state index contributed by atoms with van der Waals surface area (Å²) in [5.41, 5.74) is 5.21. The van der Waals surface area contributed by atoms with Gasteiger partial charge < -0.3 is 14.8 Å². The Morgan fingerprint density at radius 2 is 1.50 bits per heavy atom. The molecule has 0 bridgehead atoms. The third kappa shape index (κ3) is 6.44. The van der Waals surface area contributed by atoms with Crippen molar-refractivity contribution >= 4 is 15.9 Å². The number of amides is 1. The van der Waals surface area contributed by atoms with Crippen LogP contribution in [0.4, 0.5) is 0 Å². The van der Waals surface area contributed by atoms with E-state index in [0.717, 1.165) is 22.3 Å². The Morgan fingerprint density at radius 3 is 2.14 bits per heavy atom. The van der Waals surface area contributed by atoms with Gasteiger partial charge in [-0.05, 0) is 74.1 Å². The van der Waals surface area contributed by atoms with Crippen molar-refractivity contribution in [1.29, 1.82) is 0 Å². The molecular weight excluding hydrogens is 476 g/mol. The number of carbonyl (C=O) groups is 1. The van der Waals surface area contributed by atoms with Gasteiger partial charge in [0.05, 0.1) is 25.2 Å². The minimum absolute atomic E-state index is 0.0240. The van der Waals surface area contributed by atoms with E-state index in [2.05, 4.69) is 22.2 Å². The lowest BCUT2D eigenvalue weighted by atomic mass is 9.96. The van der Waals surface area contributed by atoms with Gasteiger partial charge in [-0.25, -0.2) is 8.42 Å². The molecule has 2 atom stereocenters. The minimum atomic E-state index is -4.05. The molecule has 0 aliphatic carbocycles. The summed E-state index contributed by atoms with van der Waals surface area (Å²) in [6, 6.07) is 16.4. The summed E-state index contributed by atoms with van der Waals surface area (Å²) in [5.74, 6) is 0.281. The second-order valence-electron chi connectivity index (χ2n) is 8.90. The Hall–Kier alpha value is -3.36. The van der Waals surface area contributed by atoms with E-state index in [1.807, 2.05) is 58.0 Å². The van der Waals surface area contributed by atoms with E-state index in [1.165, 1.54) is 38.0 Å². The maximum Gasteiger partial charge on any atom is 0.241 e. The largest absolute Gasteiger partial charge is 0.493 e. The number of hydrogen-bond acceptors (Lipinski definition) is 5. The predicted molar refractivity (Wildman–Crippen MR) is 141 cm³/mol. The van der Waals surface area contributed by atoms with Crippen molar-refractivity contribution in [2.45, 2.75) is 51.1 Å². The number of sulfonamides is 1. The van der Waals surface area contributed by atoms with Crippen molar-refractivity contribution in [2.75, 3.05) is 14.2 Å². The number of hydrogen-bond donors (Lipinski definition) is 2. The van der Waals surface area contributed by atoms with Crippen LogP contribution in [0.2, 0.25) is 0 Å². The van der Waals surface area contributed by atoms with Gasteiger partial charge >= 0.3 is 0 Å². The number of benzene rings is 3. The normalized spacial score (nSPS) is 13.1. The van der Waals surface area contributed by atoms with E-state index in [1.54, 1.807) is 0 Å². The summed E-state index contributed by atoms with van der Waals surface area (Å²) in [5, 5.41) is 3.01. The molecule has 192 valence electrons. The summed E-state index contributed by atoms with van der Waals surface area (Å²) in [7, 11) is -1.14. The molecule has 0 radical (unpaired) electrons. The molecule has 0 saturated heterocycles. The SMILES string of the molecule is COc1ccc(S(=O)(=O)N[C@H](Cc2ccccc2)C(=O)N[C@H](C)c2cc(C)c(C)cc2C)cc1OC. The number of methoxy groups -OCH3 is 2. The van der Waals surface area contributed by atoms with Crippen molar-refractivity contribution in [2.24, 2.45) is 0 Å². The summed E-state index contributed by atoms with van der Waals surface area (Å²) < 4.78 is 39.7. The molecule has 2 N–H and O–H groups in total. The lowest BCUT2D eigenvalue weighted by Crippen LogP contribution is -2.48. The van der Waals surface area contributed by atoms with E-state index in [4.69, 9.17) is 9.47 Å². The lowest BCUT2D eigenvalue weighted by molar-refractivity contribution is -0.123. The molecule has 3 aromatic rings. The lowest BCUT2D eigenvalue weighted by Gasteiger charge is -2.23. The molecule has 0 aliphatic rings. The Balaban J connectivity index is 1.90. The molecule has 3 aromatic carbocycles. The van der Waals surface area contributed by atoms with E-state index in [0.29, 0.717) is 5.75 Å². The maximum atomic E-state index is 13.4. The minimum Gasteiger partial charge on any atom is -0.493 e. The van der Waals surface area contributed by atoms with Crippen LogP contribution in [0.3, 0.4) is 0 Å². The zero-order chi connectivity index (χ0) is 26.5. The highest BCUT2D eigenvalue weighted by molar-refractivity contribution is 7.89. The topological polar surface area (TPSA) is 93.7 Å². The Morgan fingerprint density at radius 1 is 0.861 bits per heavy atom. The molecule has 36 heavy (non-hydrogen) atoms. The van der Waals surface area contributed by atoms with Gasteiger partial charge in [0.2, 0.25) is 15.9 Å². The van der Waals surface area contributed by atoms with Crippen LogP contribution < -0.4 is 19.5 Å². The van der Waals surface area contributed by atoms with E-state index >= 15 is 0 Å². The first kappa shape index (κ1) is 27.2. The second kappa shape index (κ2) is 11.6. The second-order valence-corrected chi connectivity index (χ2v) is 10.6. The fourth-order valence-corrected chi connectivity index (χ4v) is 5.33. The maximum absolute atomic E-state index is 13.4. The number of carbonyl (C=O) groups excluding carboxylic acids is 1. The Bertz CT molecular complexity index is 1320. The van der Waals surface area contributed by atoms with Gasteiger partial charge in [-0.15, -0.1) is 0 Å². The average Bonchev–Trinajstić information content (AvgIpc) is 2.85. The molecule has 0 unspecified atom stereocenters. The molecule has 0 saturated carbocycles. The number of nitrogens with one attached hydrogen (secondary N) is 2. The summed E-state index contributed by atoms with van der Waals surface area (Å²) in [6.07, 6.45) is 0.192. The van der Waals surface area contributed by atoms with E-state index in [9.17, 15) is 13.2 Å². The fraction of sp³-hybridized carbons (Fsp3) is 0.321. The van der Waals surface area contributed by atoms with Crippen LogP contribution in [0.25, 0.3) is 0 Å². The molecule has 0 fully saturated rings. The quantitative estimate of drug-likeness (QED) is 0.422. The highest BCUT2D eigenvalue weighted by Gasteiger charge is 2.28. The van der Waals surface area contributed by atoms with Crippen molar-refractivity contribution in [3.05, 3.63) is 88.5 Å². The number of ether oxygens (including phenoxy) is 2. The molecular formula is C28H34N2O5S. The highest BCUT2D eigenvalue weighted by Crippen LogP contribution is 2.29. The molecule has 8 heteroatoms. The first-order chi connectivity index (χ1) is 17.1. The average molecular weight is 511 g/mol. The van der Waals surface area contributed by atoms with Crippen LogP contribution in [0.1, 0.15) is 40.8 Å². The van der Waals surface area contributed by atoms with Crippen LogP contribution >= 0.6 is 0 Å². The van der Waals surface area contributed by atoms with E-state index < -0.39 is 22.0 Å². The first-order valence-corrected chi connectivity index (χ1v) is 13.2. The van der Waals surface area contributed by atoms with Crippen LogP contribution in [-0.4, -0.2) is 34.6 Å². The summed E-state index contributed by atoms with van der Waals surface area (Å²) >= 11 is 0. The van der Waals surface area contributed by atoms with Crippen LogP contribution in [0, 0.1) is 20.8 Å². The van der Waals surface area contributed by atoms with Gasteiger partial charge in [-0.2, -0.15) is 4.72 Å². The van der Waals surface area contributed by atoms with Gasteiger partial charge in [0.25, 0.3) is 0 Å². The zero-order valence-corrected chi connectivity index (χ0v) is 22.4. The Kier molecular flexibility index (Phi) is 8.76. The molecule has 0 spiro atoms. The third-order valence-electron chi connectivity index (χ3n) is 6.27. The molecule has 0 aliphatic heterocycles. The smallest absolute Gasteiger partial charge is 0.241 e. The highest BCUT2D eigenvalue weighted by atomic mass is 32.2. The predicted octanol–water partition coefficient (Wildman–Crippen LogP) is 4.40. The standard InChI is InChI=1S/C28H34N2O5S/c1-18-14-20(3)24(15-19(18)2)21(4)29-28(31)25(16-22-10-8-7-9-11-22)30-36(32,33)23-12-13-26(34-5)27(17-23)35-6/h7-15,17,21,25,30H,16H2,1-6H3,(H,29,31)/t21-,25-/m1/s1. The Labute approximate surface area is 213 Å². The molecule has 0 aromatic heterocycles. The van der Waals surface area contributed by atoms with Gasteiger partial charge in [-0.1, -0.05) is 42.5 Å². The molecule has 1 amide bonds. The van der Waals surface area contributed by atoms with Crippen LogP contribution in [0.5, 0.6) is 11.5 Å². The number of aryl methyl sites for hydroxylation is 3. The van der Waals surface area contributed by atoms with E-state index in [-0.39, 0.29) is 23.1 Å². The van der Waals surface area contributed by atoms with Gasteiger partial charge in [0, 0.05) is 6.07 Å². The summed E-state index contributed by atoms with van der Waals surface area (Å²) in [6.45, 7) is 7.99. The van der Waals surface area contributed by atoms with Gasteiger partial charge in [-0.3, -0.25) is 4.79 Å². The first-order valence-electron chi connectivity index (χ1n) is 11.7. The number of rotatable bonds is 10. The van der Waals surface area contributed by atoms with Crippen LogP contribution in [-0.2, 0) is 21.2 Å². The molecule has 7 nitrogen and oxygen atoms in total. The molecule has 0 heterocycles. The van der Waals surface area contributed by atoms with Crippen molar-refractivity contribution < 1.29 is 22.7 Å².